The maximum Gasteiger partial charge on any atom is 0.256 e. The molecule has 0 spiro atoms. The van der Waals surface area contributed by atoms with Gasteiger partial charge in [0.25, 0.3) is 5.91 Å². The molecule has 0 atom stereocenters. The van der Waals surface area contributed by atoms with E-state index in [0.29, 0.717) is 28.0 Å². The summed E-state index contributed by atoms with van der Waals surface area (Å²) in [6.07, 6.45) is 1.70. The molecule has 0 radical (unpaired) electrons. The second kappa shape index (κ2) is 10.0. The van der Waals surface area contributed by atoms with Gasteiger partial charge in [-0.05, 0) is 70.7 Å². The fourth-order valence-corrected chi connectivity index (χ4v) is 3.78. The molecule has 4 aromatic rings. The predicted molar refractivity (Wildman–Crippen MR) is 130 cm³/mol. The first kappa shape index (κ1) is 22.7. The topological polar surface area (TPSA) is 56.1 Å². The number of carbonyl (C=O) groups excluding carboxylic acids is 1. The Labute approximate surface area is 200 Å². The molecule has 1 aromatic heterocycles. The number of nitrogens with one attached hydrogen (secondary N) is 1. The van der Waals surface area contributed by atoms with Gasteiger partial charge in [-0.25, -0.2) is 4.39 Å². The van der Waals surface area contributed by atoms with Crippen LogP contribution in [0.2, 0.25) is 0 Å². The summed E-state index contributed by atoms with van der Waals surface area (Å²) in [5.74, 6) is 0.609. The SMILES string of the molecule is Cc1ccc(C)c(OCc2cccc(C(=O)Nc3nn(Cc4ccccc4F)cc3Br)c2)c1. The molecular weight excluding hydrogens is 485 g/mol. The Bertz CT molecular complexity index is 1300. The molecule has 0 aliphatic rings. The fourth-order valence-electron chi connectivity index (χ4n) is 3.37. The zero-order chi connectivity index (χ0) is 23.4. The lowest BCUT2D eigenvalue weighted by Gasteiger charge is -2.11. The van der Waals surface area contributed by atoms with Crippen LogP contribution in [0.25, 0.3) is 0 Å². The van der Waals surface area contributed by atoms with Crippen molar-refractivity contribution in [2.24, 2.45) is 0 Å². The highest BCUT2D eigenvalue weighted by Crippen LogP contribution is 2.23. The highest BCUT2D eigenvalue weighted by atomic mass is 79.9. The van der Waals surface area contributed by atoms with Gasteiger partial charge in [-0.3, -0.25) is 9.48 Å². The van der Waals surface area contributed by atoms with Crippen LogP contribution in [0.15, 0.2) is 77.4 Å². The van der Waals surface area contributed by atoms with E-state index < -0.39 is 0 Å². The monoisotopic (exact) mass is 507 g/mol. The molecule has 0 unspecified atom stereocenters. The van der Waals surface area contributed by atoms with Crippen LogP contribution in [0.4, 0.5) is 10.2 Å². The van der Waals surface area contributed by atoms with E-state index in [1.807, 2.05) is 44.2 Å². The number of aromatic nitrogens is 2. The summed E-state index contributed by atoms with van der Waals surface area (Å²) < 4.78 is 22.1. The van der Waals surface area contributed by atoms with Gasteiger partial charge >= 0.3 is 0 Å². The van der Waals surface area contributed by atoms with Crippen molar-refractivity contribution >= 4 is 27.7 Å². The van der Waals surface area contributed by atoms with Crippen molar-refractivity contribution in [3.05, 3.63) is 111 Å². The lowest BCUT2D eigenvalue weighted by molar-refractivity contribution is 0.102. The highest BCUT2D eigenvalue weighted by molar-refractivity contribution is 9.10. The molecule has 7 heteroatoms. The Morgan fingerprint density at radius 3 is 2.73 bits per heavy atom. The third kappa shape index (κ3) is 5.68. The van der Waals surface area contributed by atoms with E-state index in [9.17, 15) is 9.18 Å². The molecule has 0 saturated heterocycles. The number of hydrogen-bond donors (Lipinski definition) is 1. The zero-order valence-corrected chi connectivity index (χ0v) is 19.9. The minimum atomic E-state index is -0.297. The van der Waals surface area contributed by atoms with Crippen LogP contribution in [0.3, 0.4) is 0 Å². The molecule has 0 aliphatic carbocycles. The Morgan fingerprint density at radius 1 is 1.09 bits per heavy atom. The van der Waals surface area contributed by atoms with Crippen LogP contribution in [-0.2, 0) is 13.2 Å². The number of halogens is 2. The average Bonchev–Trinajstić information content (AvgIpc) is 3.14. The van der Waals surface area contributed by atoms with Crippen LogP contribution in [0.1, 0.15) is 32.6 Å². The maximum atomic E-state index is 13.9. The second-order valence-corrected chi connectivity index (χ2v) is 8.68. The summed E-state index contributed by atoms with van der Waals surface area (Å²) >= 11 is 3.42. The van der Waals surface area contributed by atoms with Crippen molar-refractivity contribution in [3.8, 4) is 5.75 Å². The molecule has 168 valence electrons. The first-order valence-corrected chi connectivity index (χ1v) is 11.2. The largest absolute Gasteiger partial charge is 0.489 e. The second-order valence-electron chi connectivity index (χ2n) is 7.83. The number of anilines is 1. The summed E-state index contributed by atoms with van der Waals surface area (Å²) in [5, 5.41) is 7.19. The quantitative estimate of drug-likeness (QED) is 0.320. The molecule has 0 fully saturated rings. The van der Waals surface area contributed by atoms with E-state index in [1.165, 1.54) is 6.07 Å². The van der Waals surface area contributed by atoms with Crippen LogP contribution in [0.5, 0.6) is 5.75 Å². The van der Waals surface area contributed by atoms with Gasteiger partial charge in [-0.2, -0.15) is 5.10 Å². The smallest absolute Gasteiger partial charge is 0.256 e. The van der Waals surface area contributed by atoms with Crippen molar-refractivity contribution in [1.82, 2.24) is 9.78 Å². The number of amides is 1. The molecule has 0 saturated carbocycles. The van der Waals surface area contributed by atoms with Crippen molar-refractivity contribution in [2.45, 2.75) is 27.0 Å². The lowest BCUT2D eigenvalue weighted by atomic mass is 10.1. The first-order chi connectivity index (χ1) is 15.9. The molecular formula is C26H23BrFN3O2. The van der Waals surface area contributed by atoms with Gasteiger partial charge in [0.15, 0.2) is 5.82 Å². The maximum absolute atomic E-state index is 13.9. The Balaban J connectivity index is 1.43. The number of carbonyl (C=O) groups is 1. The summed E-state index contributed by atoms with van der Waals surface area (Å²) in [4.78, 5) is 12.8. The molecule has 33 heavy (non-hydrogen) atoms. The zero-order valence-electron chi connectivity index (χ0n) is 18.3. The number of benzene rings is 3. The summed E-state index contributed by atoms with van der Waals surface area (Å²) in [6.45, 7) is 4.63. The molecule has 1 amide bonds. The number of hydrogen-bond acceptors (Lipinski definition) is 3. The van der Waals surface area contributed by atoms with E-state index in [0.717, 1.165) is 22.4 Å². The third-order valence-electron chi connectivity index (χ3n) is 5.17. The van der Waals surface area contributed by atoms with Crippen molar-refractivity contribution in [3.63, 3.8) is 0 Å². The number of aryl methyl sites for hydroxylation is 2. The molecule has 1 N–H and O–H groups in total. The first-order valence-electron chi connectivity index (χ1n) is 10.5. The van der Waals surface area contributed by atoms with Gasteiger partial charge in [0, 0.05) is 17.3 Å². The Kier molecular flexibility index (Phi) is 6.89. The van der Waals surface area contributed by atoms with E-state index in [2.05, 4.69) is 26.3 Å². The molecule has 0 aliphatic heterocycles. The predicted octanol–water partition coefficient (Wildman–Crippen LogP) is 6.28. The number of rotatable bonds is 7. The van der Waals surface area contributed by atoms with Crippen LogP contribution in [-0.4, -0.2) is 15.7 Å². The van der Waals surface area contributed by atoms with Gasteiger partial charge in [0.2, 0.25) is 0 Å². The minimum absolute atomic E-state index is 0.256. The summed E-state index contributed by atoms with van der Waals surface area (Å²) in [7, 11) is 0. The third-order valence-corrected chi connectivity index (χ3v) is 5.75. The standard InChI is InChI=1S/C26H23BrFN3O2/c1-17-10-11-18(2)24(12-17)33-16-19-6-5-8-20(13-19)26(32)29-25-22(27)15-31(30-25)14-21-7-3-4-9-23(21)28/h3-13,15H,14,16H2,1-2H3,(H,29,30,32). The number of nitrogens with zero attached hydrogens (tertiary/aromatic N) is 2. The molecule has 5 nitrogen and oxygen atoms in total. The fraction of sp³-hybridized carbons (Fsp3) is 0.154. The van der Waals surface area contributed by atoms with Gasteiger partial charge in [-0.15, -0.1) is 0 Å². The normalized spacial score (nSPS) is 10.8. The van der Waals surface area contributed by atoms with Crippen LogP contribution < -0.4 is 10.1 Å². The van der Waals surface area contributed by atoms with Crippen molar-refractivity contribution in [2.75, 3.05) is 5.32 Å². The van der Waals surface area contributed by atoms with E-state index in [-0.39, 0.29) is 18.3 Å². The lowest BCUT2D eigenvalue weighted by Crippen LogP contribution is -2.14. The summed E-state index contributed by atoms with van der Waals surface area (Å²) in [5.41, 5.74) is 4.08. The molecule has 4 rings (SSSR count). The Morgan fingerprint density at radius 2 is 1.91 bits per heavy atom. The van der Waals surface area contributed by atoms with Crippen LogP contribution in [0, 0.1) is 19.7 Å². The molecule has 3 aromatic carbocycles. The molecule has 0 bridgehead atoms. The van der Waals surface area contributed by atoms with Crippen molar-refractivity contribution in [1.29, 1.82) is 0 Å². The van der Waals surface area contributed by atoms with Gasteiger partial charge in [0.1, 0.15) is 18.2 Å². The highest BCUT2D eigenvalue weighted by Gasteiger charge is 2.14. The molecule has 1 heterocycles. The van der Waals surface area contributed by atoms with Gasteiger partial charge in [0.05, 0.1) is 11.0 Å². The van der Waals surface area contributed by atoms with Gasteiger partial charge < -0.3 is 10.1 Å². The summed E-state index contributed by atoms with van der Waals surface area (Å²) in [6, 6.07) is 19.9. The minimum Gasteiger partial charge on any atom is -0.489 e. The van der Waals surface area contributed by atoms with Crippen molar-refractivity contribution < 1.29 is 13.9 Å². The van der Waals surface area contributed by atoms with E-state index in [1.54, 1.807) is 41.2 Å². The Hall–Kier alpha value is -3.45. The van der Waals surface area contributed by atoms with E-state index in [4.69, 9.17) is 4.74 Å². The average molecular weight is 508 g/mol. The van der Waals surface area contributed by atoms with E-state index >= 15 is 0 Å². The number of ether oxygens (including phenoxy) is 1. The van der Waals surface area contributed by atoms with Crippen LogP contribution >= 0.6 is 15.9 Å². The van der Waals surface area contributed by atoms with Gasteiger partial charge in [-0.1, -0.05) is 42.5 Å².